The Bertz CT molecular complexity index is 941. The van der Waals surface area contributed by atoms with Crippen LogP contribution in [-0.2, 0) is 24.7 Å². The minimum absolute atomic E-state index is 0. The van der Waals surface area contributed by atoms with Crippen LogP contribution in [0.4, 0.5) is 0 Å². The van der Waals surface area contributed by atoms with Gasteiger partial charge < -0.3 is 24.8 Å². The largest absolute Gasteiger partial charge is 1.00 e. The maximum atomic E-state index is 2.52. The molecule has 3 heteroatoms. The fraction of sp³-hybridized carbons (Fsp3) is 0.385. The van der Waals surface area contributed by atoms with E-state index < -0.39 is 0 Å². The smallest absolute Gasteiger partial charge is 1.00 e. The van der Waals surface area contributed by atoms with Crippen LogP contribution in [0.3, 0.4) is 0 Å². The Morgan fingerprint density at radius 1 is 0.897 bits per heavy atom. The van der Waals surface area contributed by atoms with Crippen LogP contribution in [0.15, 0.2) is 60.2 Å². The number of benzene rings is 2. The van der Waals surface area contributed by atoms with Gasteiger partial charge in [0.25, 0.3) is 0 Å². The Labute approximate surface area is 202 Å². The van der Waals surface area contributed by atoms with Crippen LogP contribution in [0.25, 0.3) is 11.6 Å². The van der Waals surface area contributed by atoms with Crippen molar-refractivity contribution < 1.29 is 49.5 Å². The first kappa shape index (κ1) is 23.1. The van der Waals surface area contributed by atoms with E-state index in [0.717, 1.165) is 5.92 Å². The topological polar surface area (TPSA) is 0 Å². The van der Waals surface area contributed by atoms with Crippen molar-refractivity contribution in [2.24, 2.45) is 0 Å². The zero-order valence-electron chi connectivity index (χ0n) is 16.9. The third kappa shape index (κ3) is 4.39. The average Bonchev–Trinajstić information content (AvgIpc) is 3.15. The summed E-state index contributed by atoms with van der Waals surface area (Å²) in [6, 6.07) is 18.1. The first-order valence-electron chi connectivity index (χ1n) is 10.5. The van der Waals surface area contributed by atoms with Crippen LogP contribution in [-0.4, -0.2) is 0 Å². The molecule has 0 radical (unpaired) electrons. The SMILES string of the molecule is C[C]([Zr+2])(CCC1C=Cc2ccccc21)CCC1C2=C(CC2)c2ccccc21.[Cl-].[Cl-]. The van der Waals surface area contributed by atoms with E-state index in [9.17, 15) is 0 Å². The molecule has 0 N–H and O–H groups in total. The van der Waals surface area contributed by atoms with E-state index in [1.54, 1.807) is 47.0 Å². The second kappa shape index (κ2) is 9.25. The summed E-state index contributed by atoms with van der Waals surface area (Å²) in [6.45, 7) is 2.52. The number of allylic oxidation sites excluding steroid dienone is 3. The van der Waals surface area contributed by atoms with Crippen molar-refractivity contribution in [3.8, 4) is 0 Å². The molecule has 0 spiro atoms. The molecule has 3 aliphatic rings. The van der Waals surface area contributed by atoms with Gasteiger partial charge in [-0.2, -0.15) is 0 Å². The van der Waals surface area contributed by atoms with E-state index in [2.05, 4.69) is 67.6 Å². The summed E-state index contributed by atoms with van der Waals surface area (Å²) < 4.78 is 0.500. The molecule has 0 bridgehead atoms. The fourth-order valence-electron chi connectivity index (χ4n) is 5.32. The molecule has 0 aliphatic heterocycles. The normalized spacial score (nSPS) is 22.6. The first-order valence-corrected chi connectivity index (χ1v) is 11.7. The number of hydrogen-bond acceptors (Lipinski definition) is 0. The van der Waals surface area contributed by atoms with E-state index in [4.69, 9.17) is 0 Å². The van der Waals surface area contributed by atoms with Crippen molar-refractivity contribution in [1.82, 2.24) is 0 Å². The van der Waals surface area contributed by atoms with Crippen molar-refractivity contribution in [2.75, 3.05) is 0 Å². The quantitative estimate of drug-likeness (QED) is 0.562. The van der Waals surface area contributed by atoms with Gasteiger partial charge >= 0.3 is 179 Å². The van der Waals surface area contributed by atoms with Gasteiger partial charge in [0.1, 0.15) is 0 Å². The molecule has 0 aromatic heterocycles. The Morgan fingerprint density at radius 2 is 1.59 bits per heavy atom. The Balaban J connectivity index is 0.00000120. The average molecular weight is 502 g/mol. The minimum Gasteiger partial charge on any atom is -1.00 e. The Kier molecular flexibility index (Phi) is 7.36. The van der Waals surface area contributed by atoms with Crippen molar-refractivity contribution in [3.05, 3.63) is 82.4 Å². The number of rotatable bonds is 6. The zero-order valence-corrected chi connectivity index (χ0v) is 20.9. The van der Waals surface area contributed by atoms with Crippen LogP contribution in [0.5, 0.6) is 0 Å². The molecule has 2 aromatic carbocycles. The minimum atomic E-state index is 0. The van der Waals surface area contributed by atoms with Crippen LogP contribution in [0.2, 0.25) is 3.12 Å². The molecule has 0 nitrogen and oxygen atoms in total. The number of hydrogen-bond donors (Lipinski definition) is 0. The third-order valence-electron chi connectivity index (χ3n) is 7.01. The van der Waals surface area contributed by atoms with E-state index in [1.807, 2.05) is 0 Å². The molecule has 3 aliphatic carbocycles. The molecular weight excluding hydrogens is 474 g/mol. The summed E-state index contributed by atoms with van der Waals surface area (Å²) in [5.74, 6) is 1.35. The molecule has 3 unspecified atom stereocenters. The molecule has 0 fully saturated rings. The molecule has 2 aromatic rings. The summed E-state index contributed by atoms with van der Waals surface area (Å²) in [7, 11) is 0. The third-order valence-corrected chi connectivity index (χ3v) is 8.24. The van der Waals surface area contributed by atoms with Crippen LogP contribution >= 0.6 is 0 Å². The van der Waals surface area contributed by atoms with E-state index in [-0.39, 0.29) is 24.8 Å². The van der Waals surface area contributed by atoms with Crippen molar-refractivity contribution >= 4 is 11.6 Å². The Morgan fingerprint density at radius 3 is 2.34 bits per heavy atom. The standard InChI is InChI=1S/C26H27.2ClH.Zr/c1-18(10-12-20-14-13-19-6-2-3-7-21(19)20)11-15-24-22-8-4-5-9-23(22)25-16-17-26(24)25;;;/h2-9,13-14,20,24H,10-12,15-17H2,1H3;2*1H;/q;;;+2/p-2. The molecule has 5 rings (SSSR count). The first-order chi connectivity index (χ1) is 13.1. The second-order valence-electron chi connectivity index (χ2n) is 8.88. The molecular formula is C26H27Cl2Zr. The Hall–Kier alpha value is -0.617. The maximum Gasteiger partial charge on any atom is -1.00 e. The molecule has 29 heavy (non-hydrogen) atoms. The zero-order chi connectivity index (χ0) is 18.4. The summed E-state index contributed by atoms with van der Waals surface area (Å²) >= 11 is 1.71. The van der Waals surface area contributed by atoms with Gasteiger partial charge in [-0.05, 0) is 0 Å². The number of halogens is 2. The van der Waals surface area contributed by atoms with E-state index in [0.29, 0.717) is 9.04 Å². The molecule has 3 atom stereocenters. The van der Waals surface area contributed by atoms with Gasteiger partial charge in [-0.3, -0.25) is 0 Å². The summed E-state index contributed by atoms with van der Waals surface area (Å²) in [4.78, 5) is 0. The van der Waals surface area contributed by atoms with Gasteiger partial charge in [-0.25, -0.2) is 0 Å². The summed E-state index contributed by atoms with van der Waals surface area (Å²) in [5, 5.41) is 0. The van der Waals surface area contributed by atoms with Crippen LogP contribution in [0.1, 0.15) is 79.5 Å². The predicted molar refractivity (Wildman–Crippen MR) is 110 cm³/mol. The van der Waals surface area contributed by atoms with Gasteiger partial charge in [0.05, 0.1) is 0 Å². The van der Waals surface area contributed by atoms with Crippen molar-refractivity contribution in [3.63, 3.8) is 0 Å². The van der Waals surface area contributed by atoms with Gasteiger partial charge in [-0.15, -0.1) is 0 Å². The van der Waals surface area contributed by atoms with Crippen LogP contribution < -0.4 is 24.8 Å². The van der Waals surface area contributed by atoms with Crippen LogP contribution in [0, 0.1) is 0 Å². The molecule has 0 saturated heterocycles. The number of fused-ring (bicyclic) bond motifs is 3. The van der Waals surface area contributed by atoms with Gasteiger partial charge in [0.2, 0.25) is 0 Å². The monoisotopic (exact) mass is 499 g/mol. The van der Waals surface area contributed by atoms with E-state index in [1.165, 1.54) is 49.7 Å². The molecule has 0 saturated carbocycles. The van der Waals surface area contributed by atoms with E-state index >= 15 is 0 Å². The van der Waals surface area contributed by atoms with Gasteiger partial charge in [0, 0.05) is 0 Å². The molecule has 149 valence electrons. The van der Waals surface area contributed by atoms with Crippen molar-refractivity contribution in [1.29, 1.82) is 0 Å². The molecule has 0 heterocycles. The summed E-state index contributed by atoms with van der Waals surface area (Å²) in [6.07, 6.45) is 12.7. The fourth-order valence-corrected chi connectivity index (χ4v) is 6.03. The maximum absolute atomic E-state index is 2.52. The predicted octanol–water partition coefficient (Wildman–Crippen LogP) is 1.44. The van der Waals surface area contributed by atoms with Gasteiger partial charge in [-0.1, -0.05) is 0 Å². The van der Waals surface area contributed by atoms with Gasteiger partial charge in [0.15, 0.2) is 0 Å². The summed E-state index contributed by atoms with van der Waals surface area (Å²) in [5.41, 5.74) is 9.63. The molecule has 0 amide bonds. The second-order valence-corrected chi connectivity index (χ2v) is 11.8. The van der Waals surface area contributed by atoms with Crippen molar-refractivity contribution in [2.45, 2.75) is 60.4 Å².